The zero-order valence-electron chi connectivity index (χ0n) is 12.6. The first-order valence-electron chi connectivity index (χ1n) is 7.07. The van der Waals surface area contributed by atoms with Crippen LogP contribution in [0.25, 0.3) is 0 Å². The lowest BCUT2D eigenvalue weighted by Crippen LogP contribution is -2.24. The molecular formula is C17H12Cl2N2O3. The van der Waals surface area contributed by atoms with Crippen LogP contribution in [0, 0.1) is 0 Å². The van der Waals surface area contributed by atoms with Gasteiger partial charge in [-0.15, -0.1) is 0 Å². The smallest absolute Gasteiger partial charge is 0.261 e. The van der Waals surface area contributed by atoms with Crippen molar-refractivity contribution in [2.45, 2.75) is 6.54 Å². The first-order chi connectivity index (χ1) is 11.4. The summed E-state index contributed by atoms with van der Waals surface area (Å²) in [4.78, 5) is 37.1. The van der Waals surface area contributed by atoms with Gasteiger partial charge in [-0.25, -0.2) is 0 Å². The number of carbonyl (C=O) groups is 3. The molecule has 3 rings (SSSR count). The molecule has 0 aromatic heterocycles. The SMILES string of the molecule is CN1C(=O)c2ccc(C(=O)NCc3ccc(Cl)cc3Cl)cc2C1=O. The minimum atomic E-state index is -0.412. The van der Waals surface area contributed by atoms with Crippen LogP contribution < -0.4 is 5.32 Å². The average Bonchev–Trinajstić information content (AvgIpc) is 2.78. The molecule has 0 radical (unpaired) electrons. The number of rotatable bonds is 3. The van der Waals surface area contributed by atoms with Gasteiger partial charge >= 0.3 is 0 Å². The van der Waals surface area contributed by atoms with Gasteiger partial charge in [0.25, 0.3) is 17.7 Å². The fourth-order valence-electron chi connectivity index (χ4n) is 2.45. The molecule has 7 heteroatoms. The molecule has 3 amide bonds. The van der Waals surface area contributed by atoms with Crippen LogP contribution in [-0.4, -0.2) is 29.7 Å². The van der Waals surface area contributed by atoms with Gasteiger partial charge in [0.05, 0.1) is 11.1 Å². The maximum Gasteiger partial charge on any atom is 0.261 e. The summed E-state index contributed by atoms with van der Waals surface area (Å²) in [6.45, 7) is 0.221. The third-order valence-corrected chi connectivity index (χ3v) is 4.39. The lowest BCUT2D eigenvalue weighted by atomic mass is 10.1. The molecule has 0 fully saturated rings. The molecule has 122 valence electrons. The average molecular weight is 363 g/mol. The first kappa shape index (κ1) is 16.5. The molecule has 1 heterocycles. The number of benzene rings is 2. The Kier molecular flexibility index (Phi) is 4.30. The van der Waals surface area contributed by atoms with Gasteiger partial charge in [-0.2, -0.15) is 0 Å². The first-order valence-corrected chi connectivity index (χ1v) is 7.82. The van der Waals surface area contributed by atoms with E-state index in [1.807, 2.05) is 0 Å². The van der Waals surface area contributed by atoms with Gasteiger partial charge in [0.15, 0.2) is 0 Å². The fourth-order valence-corrected chi connectivity index (χ4v) is 2.92. The Morgan fingerprint density at radius 1 is 1.04 bits per heavy atom. The lowest BCUT2D eigenvalue weighted by Gasteiger charge is -2.08. The minimum absolute atomic E-state index is 0.221. The molecule has 0 unspecified atom stereocenters. The fraction of sp³-hybridized carbons (Fsp3) is 0.118. The van der Waals surface area contributed by atoms with Crippen molar-refractivity contribution in [2.24, 2.45) is 0 Å². The summed E-state index contributed by atoms with van der Waals surface area (Å²) in [5.74, 6) is -1.14. The van der Waals surface area contributed by atoms with Crippen molar-refractivity contribution in [3.8, 4) is 0 Å². The van der Waals surface area contributed by atoms with Crippen molar-refractivity contribution in [3.05, 3.63) is 68.7 Å². The second kappa shape index (κ2) is 6.26. The van der Waals surface area contributed by atoms with E-state index in [1.165, 1.54) is 25.2 Å². The second-order valence-electron chi connectivity index (χ2n) is 5.35. The predicted octanol–water partition coefficient (Wildman–Crippen LogP) is 3.15. The molecular weight excluding hydrogens is 351 g/mol. The summed E-state index contributed by atoms with van der Waals surface area (Å²) in [6, 6.07) is 9.44. The topological polar surface area (TPSA) is 66.5 Å². The Balaban J connectivity index is 1.77. The number of nitrogens with zero attached hydrogens (tertiary/aromatic N) is 1. The molecule has 1 N–H and O–H groups in total. The van der Waals surface area contributed by atoms with Crippen LogP contribution in [0.4, 0.5) is 0 Å². The number of amides is 3. The van der Waals surface area contributed by atoms with E-state index in [-0.39, 0.29) is 23.9 Å². The predicted molar refractivity (Wildman–Crippen MR) is 90.5 cm³/mol. The van der Waals surface area contributed by atoms with Gasteiger partial charge in [-0.05, 0) is 35.9 Å². The Bertz CT molecular complexity index is 880. The van der Waals surface area contributed by atoms with Gasteiger partial charge in [-0.3, -0.25) is 19.3 Å². The molecule has 24 heavy (non-hydrogen) atoms. The van der Waals surface area contributed by atoms with Gasteiger partial charge < -0.3 is 5.32 Å². The van der Waals surface area contributed by atoms with Crippen LogP contribution >= 0.6 is 23.2 Å². The molecule has 0 bridgehead atoms. The van der Waals surface area contributed by atoms with Gasteiger partial charge in [-0.1, -0.05) is 29.3 Å². The van der Waals surface area contributed by atoms with Crippen molar-refractivity contribution in [1.82, 2.24) is 10.2 Å². The van der Waals surface area contributed by atoms with E-state index in [2.05, 4.69) is 5.32 Å². The number of fused-ring (bicyclic) bond motifs is 1. The highest BCUT2D eigenvalue weighted by atomic mass is 35.5. The molecule has 0 atom stereocenters. The van der Waals surface area contributed by atoms with Crippen LogP contribution in [0.2, 0.25) is 10.0 Å². The highest BCUT2D eigenvalue weighted by Crippen LogP contribution is 2.23. The van der Waals surface area contributed by atoms with Crippen LogP contribution in [0.1, 0.15) is 36.6 Å². The third-order valence-electron chi connectivity index (χ3n) is 3.81. The zero-order valence-corrected chi connectivity index (χ0v) is 14.1. The molecule has 2 aromatic rings. The molecule has 0 saturated carbocycles. The number of halogens is 2. The van der Waals surface area contributed by atoms with E-state index in [9.17, 15) is 14.4 Å². The van der Waals surface area contributed by atoms with Crippen molar-refractivity contribution in [1.29, 1.82) is 0 Å². The van der Waals surface area contributed by atoms with Crippen LogP contribution in [0.15, 0.2) is 36.4 Å². The standard InChI is InChI=1S/C17H12Cl2N2O3/c1-21-16(23)12-5-3-9(6-13(12)17(21)24)15(22)20-8-10-2-4-11(18)7-14(10)19/h2-7H,8H2,1H3,(H,20,22). The molecule has 2 aromatic carbocycles. The Morgan fingerprint density at radius 3 is 2.46 bits per heavy atom. The van der Waals surface area contributed by atoms with E-state index < -0.39 is 5.91 Å². The summed E-state index contributed by atoms with van der Waals surface area (Å²) in [7, 11) is 1.41. The number of nitrogens with one attached hydrogen (secondary N) is 1. The van der Waals surface area contributed by atoms with Crippen molar-refractivity contribution in [2.75, 3.05) is 7.05 Å². The van der Waals surface area contributed by atoms with E-state index in [1.54, 1.807) is 18.2 Å². The Hall–Kier alpha value is -2.37. The number of hydrogen-bond acceptors (Lipinski definition) is 3. The number of imide groups is 1. The second-order valence-corrected chi connectivity index (χ2v) is 6.19. The largest absolute Gasteiger partial charge is 0.348 e. The van der Waals surface area contributed by atoms with Gasteiger partial charge in [0, 0.05) is 29.2 Å². The van der Waals surface area contributed by atoms with Gasteiger partial charge in [0.1, 0.15) is 0 Å². The maximum atomic E-state index is 12.3. The quantitative estimate of drug-likeness (QED) is 0.852. The van der Waals surface area contributed by atoms with Crippen LogP contribution in [0.5, 0.6) is 0 Å². The highest BCUT2D eigenvalue weighted by molar-refractivity contribution is 6.35. The summed E-state index contributed by atoms with van der Waals surface area (Å²) in [5.41, 5.74) is 1.57. The number of carbonyl (C=O) groups excluding carboxylic acids is 3. The number of hydrogen-bond donors (Lipinski definition) is 1. The summed E-state index contributed by atoms with van der Waals surface area (Å²) >= 11 is 11.9. The third kappa shape index (κ3) is 2.88. The van der Waals surface area contributed by atoms with E-state index >= 15 is 0 Å². The van der Waals surface area contributed by atoms with E-state index in [4.69, 9.17) is 23.2 Å². The molecule has 5 nitrogen and oxygen atoms in total. The molecule has 0 aliphatic carbocycles. The van der Waals surface area contributed by atoms with Gasteiger partial charge in [0.2, 0.25) is 0 Å². The maximum absolute atomic E-state index is 12.3. The summed E-state index contributed by atoms with van der Waals surface area (Å²) in [5, 5.41) is 3.70. The zero-order chi connectivity index (χ0) is 17.4. The molecule has 1 aliphatic rings. The van der Waals surface area contributed by atoms with Crippen LogP contribution in [-0.2, 0) is 6.54 Å². The molecule has 0 spiro atoms. The molecule has 0 saturated heterocycles. The Morgan fingerprint density at radius 2 is 1.75 bits per heavy atom. The van der Waals surface area contributed by atoms with E-state index in [0.717, 1.165) is 10.5 Å². The summed E-state index contributed by atoms with van der Waals surface area (Å²) in [6.07, 6.45) is 0. The van der Waals surface area contributed by atoms with Crippen LogP contribution in [0.3, 0.4) is 0 Å². The monoisotopic (exact) mass is 362 g/mol. The molecule has 1 aliphatic heterocycles. The van der Waals surface area contributed by atoms with Crippen molar-refractivity contribution >= 4 is 40.9 Å². The van der Waals surface area contributed by atoms with Crippen molar-refractivity contribution in [3.63, 3.8) is 0 Å². The van der Waals surface area contributed by atoms with Crippen molar-refractivity contribution < 1.29 is 14.4 Å². The lowest BCUT2D eigenvalue weighted by molar-refractivity contribution is 0.0693. The normalized spacial score (nSPS) is 13.2. The summed E-state index contributed by atoms with van der Waals surface area (Å²) < 4.78 is 0. The minimum Gasteiger partial charge on any atom is -0.348 e. The Labute approximate surface area is 148 Å². The van der Waals surface area contributed by atoms with E-state index in [0.29, 0.717) is 21.2 Å². The highest BCUT2D eigenvalue weighted by Gasteiger charge is 2.33.